The molecule has 46 heavy (non-hydrogen) atoms. The predicted molar refractivity (Wildman–Crippen MR) is 166 cm³/mol. The molecule has 5 rings (SSSR count). The van der Waals surface area contributed by atoms with Gasteiger partial charge < -0.3 is 39.1 Å². The van der Waals surface area contributed by atoms with Gasteiger partial charge in [-0.15, -0.1) is 0 Å². The van der Waals surface area contributed by atoms with E-state index in [1.807, 2.05) is 0 Å². The minimum absolute atomic E-state index is 0.00958. The number of aldehydes is 1. The van der Waals surface area contributed by atoms with E-state index < -0.39 is 23.4 Å². The van der Waals surface area contributed by atoms with Crippen molar-refractivity contribution in [2.75, 3.05) is 13.7 Å². The zero-order chi connectivity index (χ0) is 34.0. The van der Waals surface area contributed by atoms with E-state index in [-0.39, 0.29) is 55.9 Å². The summed E-state index contributed by atoms with van der Waals surface area (Å²) in [6.45, 7) is 8.80. The number of aryl methyl sites for hydroxylation is 3. The molecule has 0 radical (unpaired) electrons. The van der Waals surface area contributed by atoms with Crippen LogP contribution in [0, 0.1) is 33.6 Å². The maximum Gasteiger partial charge on any atom is 0.347 e. The van der Waals surface area contributed by atoms with Crippen LogP contribution in [-0.2, 0) is 6.42 Å². The highest BCUT2D eigenvalue weighted by atomic mass is 16.5. The normalized spacial score (nSPS) is 13.8. The standard InChI is InChI=1S/C19H18O8.C15H16O4/c1-8-5-13(26-4)11(7-20)17(22)14(8)19(25)27-12-6-9(2)16(21)15(10(12)3)18(23)24;1-8-3-4-10-12(18-7-8)6-13-14(15(10)17)11(16)5-9(2)19-13/h5-7,21-22H,1-4H3,(H,23,24);5-6,8,17H,3-4,7H2,1-2H3. The largest absolute Gasteiger partial charge is 0.507 e. The first kappa shape index (κ1) is 33.4. The number of aromatic carboxylic acids is 1. The number of phenolic OH excluding ortho intramolecular Hbond substituents is 2. The first-order valence-corrected chi connectivity index (χ1v) is 14.3. The molecular formula is C34H34O12. The molecule has 0 saturated heterocycles. The molecule has 2 heterocycles. The van der Waals surface area contributed by atoms with Crippen molar-refractivity contribution in [3.8, 4) is 34.5 Å². The summed E-state index contributed by atoms with van der Waals surface area (Å²) in [4.78, 5) is 47.2. The molecule has 0 saturated carbocycles. The lowest BCUT2D eigenvalue weighted by Crippen LogP contribution is -2.14. The number of hydrogen-bond donors (Lipinski definition) is 4. The number of methoxy groups -OCH3 is 1. The Morgan fingerprint density at radius 1 is 0.935 bits per heavy atom. The van der Waals surface area contributed by atoms with Gasteiger partial charge in [-0.25, -0.2) is 9.59 Å². The molecule has 1 aromatic heterocycles. The number of esters is 1. The second-order valence-corrected chi connectivity index (χ2v) is 11.1. The summed E-state index contributed by atoms with van der Waals surface area (Å²) >= 11 is 0. The van der Waals surface area contributed by atoms with Crippen LogP contribution in [0.1, 0.15) is 72.4 Å². The highest BCUT2D eigenvalue weighted by Crippen LogP contribution is 2.39. The van der Waals surface area contributed by atoms with Crippen LogP contribution in [0.25, 0.3) is 11.0 Å². The number of rotatable bonds is 5. The predicted octanol–water partition coefficient (Wildman–Crippen LogP) is 5.53. The summed E-state index contributed by atoms with van der Waals surface area (Å²) in [7, 11) is 1.31. The van der Waals surface area contributed by atoms with Gasteiger partial charge in [-0.3, -0.25) is 9.59 Å². The molecule has 0 aliphatic carbocycles. The molecule has 3 aromatic carbocycles. The highest BCUT2D eigenvalue weighted by molar-refractivity contribution is 6.01. The number of carboxylic acid groups (broad SMARTS) is 1. The molecule has 0 bridgehead atoms. The van der Waals surface area contributed by atoms with E-state index in [4.69, 9.17) is 18.6 Å². The van der Waals surface area contributed by atoms with Crippen LogP contribution in [0.5, 0.6) is 34.5 Å². The van der Waals surface area contributed by atoms with Crippen molar-refractivity contribution >= 4 is 29.2 Å². The van der Waals surface area contributed by atoms with Crippen molar-refractivity contribution in [2.45, 2.75) is 47.5 Å². The summed E-state index contributed by atoms with van der Waals surface area (Å²) in [6, 6.07) is 5.83. The molecule has 4 N–H and O–H groups in total. The average molecular weight is 635 g/mol. The van der Waals surface area contributed by atoms with Crippen LogP contribution < -0.4 is 19.6 Å². The van der Waals surface area contributed by atoms with E-state index >= 15 is 0 Å². The zero-order valence-electron chi connectivity index (χ0n) is 26.1. The number of hydrogen-bond acceptors (Lipinski definition) is 11. The van der Waals surface area contributed by atoms with E-state index in [0.717, 1.165) is 6.42 Å². The summed E-state index contributed by atoms with van der Waals surface area (Å²) in [5.41, 5.74) is 0.582. The Kier molecular flexibility index (Phi) is 9.60. The molecule has 242 valence electrons. The summed E-state index contributed by atoms with van der Waals surface area (Å²) < 4.78 is 21.5. The number of carbonyl (C=O) groups excluding carboxylic acids is 2. The Bertz CT molecular complexity index is 1940. The van der Waals surface area contributed by atoms with Crippen LogP contribution in [-0.4, -0.2) is 52.4 Å². The fraction of sp³-hybridized carbons (Fsp3) is 0.294. The molecule has 0 amide bonds. The van der Waals surface area contributed by atoms with Gasteiger partial charge in [0.2, 0.25) is 0 Å². The lowest BCUT2D eigenvalue weighted by molar-refractivity contribution is 0.0681. The van der Waals surface area contributed by atoms with E-state index in [1.165, 1.54) is 46.1 Å². The van der Waals surface area contributed by atoms with Crippen molar-refractivity contribution in [3.05, 3.63) is 79.2 Å². The first-order chi connectivity index (χ1) is 21.7. The lowest BCUT2D eigenvalue weighted by Gasteiger charge is -2.16. The van der Waals surface area contributed by atoms with Gasteiger partial charge >= 0.3 is 11.9 Å². The summed E-state index contributed by atoms with van der Waals surface area (Å²) in [5.74, 6) is -1.78. The monoisotopic (exact) mass is 634 g/mol. The Hall–Kier alpha value is -5.52. The van der Waals surface area contributed by atoms with Crippen molar-refractivity contribution in [2.24, 2.45) is 5.92 Å². The second-order valence-electron chi connectivity index (χ2n) is 11.1. The second kappa shape index (κ2) is 13.2. The van der Waals surface area contributed by atoms with E-state index in [9.17, 15) is 39.6 Å². The third-order valence-corrected chi connectivity index (χ3v) is 7.75. The molecule has 1 aliphatic rings. The minimum Gasteiger partial charge on any atom is -0.507 e. The average Bonchev–Trinajstić information content (AvgIpc) is 3.16. The van der Waals surface area contributed by atoms with E-state index in [1.54, 1.807) is 13.0 Å². The van der Waals surface area contributed by atoms with Gasteiger partial charge in [0.25, 0.3) is 0 Å². The molecule has 4 aromatic rings. The Morgan fingerprint density at radius 3 is 2.24 bits per heavy atom. The van der Waals surface area contributed by atoms with Crippen molar-refractivity contribution < 1.29 is 53.4 Å². The quantitative estimate of drug-likeness (QED) is 0.122. The summed E-state index contributed by atoms with van der Waals surface area (Å²) in [5, 5.41) is 40.1. The Balaban J connectivity index is 0.000000221. The van der Waals surface area contributed by atoms with Gasteiger partial charge in [-0.1, -0.05) is 6.92 Å². The lowest BCUT2D eigenvalue weighted by atomic mass is 10.00. The topological polar surface area (TPSA) is 190 Å². The number of aromatic hydroxyl groups is 3. The zero-order valence-corrected chi connectivity index (χ0v) is 26.1. The highest BCUT2D eigenvalue weighted by Gasteiger charge is 2.26. The third-order valence-electron chi connectivity index (χ3n) is 7.75. The Morgan fingerprint density at radius 2 is 1.61 bits per heavy atom. The molecule has 1 unspecified atom stereocenters. The van der Waals surface area contributed by atoms with Gasteiger partial charge in [-0.05, 0) is 69.7 Å². The summed E-state index contributed by atoms with van der Waals surface area (Å²) in [6.07, 6.45) is 2.00. The van der Waals surface area contributed by atoms with Gasteiger partial charge in [-0.2, -0.15) is 0 Å². The van der Waals surface area contributed by atoms with Crippen molar-refractivity contribution in [1.29, 1.82) is 0 Å². The Labute approximate surface area is 263 Å². The maximum atomic E-state index is 12.6. The van der Waals surface area contributed by atoms with E-state index in [0.29, 0.717) is 53.5 Å². The van der Waals surface area contributed by atoms with E-state index in [2.05, 4.69) is 6.92 Å². The number of fused-ring (bicyclic) bond motifs is 2. The number of benzene rings is 3. The molecule has 0 fully saturated rings. The third kappa shape index (κ3) is 6.32. The van der Waals surface area contributed by atoms with Crippen molar-refractivity contribution in [1.82, 2.24) is 0 Å². The minimum atomic E-state index is -1.38. The molecule has 0 spiro atoms. The van der Waals surface area contributed by atoms with Crippen molar-refractivity contribution in [3.63, 3.8) is 0 Å². The maximum absolute atomic E-state index is 12.6. The van der Waals surface area contributed by atoms with Crippen LogP contribution in [0.2, 0.25) is 0 Å². The van der Waals surface area contributed by atoms with Crippen LogP contribution in [0.15, 0.2) is 33.5 Å². The fourth-order valence-electron chi connectivity index (χ4n) is 5.23. The number of ether oxygens (including phenoxy) is 3. The van der Waals surface area contributed by atoms with Crippen LogP contribution in [0.4, 0.5) is 0 Å². The van der Waals surface area contributed by atoms with Crippen LogP contribution >= 0.6 is 0 Å². The molecule has 1 aliphatic heterocycles. The van der Waals surface area contributed by atoms with Gasteiger partial charge in [0.15, 0.2) is 11.7 Å². The smallest absolute Gasteiger partial charge is 0.347 e. The number of phenols is 3. The number of carboxylic acids is 1. The SMILES string of the molecule is COc1cc(C)c(C(=O)Oc2cc(C)c(O)c(C(=O)O)c2C)c(O)c1C=O.Cc1cc(=O)c2c(O)c3c(cc2o1)OCC(C)CC3. The molecule has 12 nitrogen and oxygen atoms in total. The van der Waals surface area contributed by atoms with Gasteiger partial charge in [0.1, 0.15) is 62.4 Å². The molecule has 1 atom stereocenters. The molecule has 12 heteroatoms. The first-order valence-electron chi connectivity index (χ1n) is 14.3. The van der Waals surface area contributed by atoms with Gasteiger partial charge in [0.05, 0.1) is 19.3 Å². The molecular weight excluding hydrogens is 600 g/mol. The van der Waals surface area contributed by atoms with Gasteiger partial charge in [0, 0.05) is 23.3 Å². The fourth-order valence-corrected chi connectivity index (χ4v) is 5.23. The van der Waals surface area contributed by atoms with Crippen LogP contribution in [0.3, 0.4) is 0 Å². The number of carbonyl (C=O) groups is 3.